The van der Waals surface area contributed by atoms with Gasteiger partial charge in [-0.15, -0.1) is 0 Å². The average molecular weight is 404 g/mol. The summed E-state index contributed by atoms with van der Waals surface area (Å²) in [6, 6.07) is 7.59. The fourth-order valence-corrected chi connectivity index (χ4v) is 3.90. The highest BCUT2D eigenvalue weighted by atomic mass is 79.9. The SMILES string of the molecule is CCNC1=C2CN(C=N1)Sc1c2ncn(-c2ccc(Br)cc2)c1=O. The Kier molecular flexibility index (Phi) is 3.93. The quantitative estimate of drug-likeness (QED) is 0.798. The van der Waals surface area contributed by atoms with Gasteiger partial charge >= 0.3 is 0 Å². The largest absolute Gasteiger partial charge is 0.370 e. The van der Waals surface area contributed by atoms with Crippen LogP contribution in [0.4, 0.5) is 0 Å². The second-order valence-electron chi connectivity index (χ2n) is 5.34. The number of halogens is 1. The van der Waals surface area contributed by atoms with E-state index in [1.54, 1.807) is 17.2 Å². The molecule has 24 heavy (non-hydrogen) atoms. The highest BCUT2D eigenvalue weighted by molar-refractivity contribution is 9.10. The van der Waals surface area contributed by atoms with E-state index >= 15 is 0 Å². The third-order valence-electron chi connectivity index (χ3n) is 3.79. The molecule has 0 radical (unpaired) electrons. The van der Waals surface area contributed by atoms with Gasteiger partial charge in [-0.05, 0) is 43.1 Å². The van der Waals surface area contributed by atoms with E-state index in [4.69, 9.17) is 0 Å². The van der Waals surface area contributed by atoms with Crippen LogP contribution in [0.25, 0.3) is 11.3 Å². The molecule has 8 heteroatoms. The van der Waals surface area contributed by atoms with Gasteiger partial charge in [0.1, 0.15) is 23.4 Å². The first kappa shape index (κ1) is 15.5. The van der Waals surface area contributed by atoms with E-state index in [0.29, 0.717) is 11.4 Å². The molecule has 0 spiro atoms. The van der Waals surface area contributed by atoms with Gasteiger partial charge in [-0.1, -0.05) is 15.9 Å². The summed E-state index contributed by atoms with van der Waals surface area (Å²) in [4.78, 5) is 22.6. The monoisotopic (exact) mass is 403 g/mol. The second-order valence-corrected chi connectivity index (χ2v) is 7.32. The molecule has 1 aromatic carbocycles. The summed E-state index contributed by atoms with van der Waals surface area (Å²) in [6.45, 7) is 3.49. The Bertz CT molecular complexity index is 919. The lowest BCUT2D eigenvalue weighted by Crippen LogP contribution is -2.34. The van der Waals surface area contributed by atoms with Gasteiger partial charge in [0, 0.05) is 16.6 Å². The van der Waals surface area contributed by atoms with Crippen molar-refractivity contribution in [3.05, 3.63) is 56.9 Å². The van der Waals surface area contributed by atoms with Crippen LogP contribution in [0.3, 0.4) is 0 Å². The number of hydrogen-bond acceptors (Lipinski definition) is 6. The number of nitrogens with one attached hydrogen (secondary N) is 1. The van der Waals surface area contributed by atoms with Crippen LogP contribution in [0.5, 0.6) is 0 Å². The minimum Gasteiger partial charge on any atom is -0.370 e. The van der Waals surface area contributed by atoms with Gasteiger partial charge in [0.2, 0.25) is 0 Å². The number of rotatable bonds is 3. The van der Waals surface area contributed by atoms with Gasteiger partial charge in [0.25, 0.3) is 5.56 Å². The molecule has 0 saturated heterocycles. The fraction of sp³-hybridized carbons (Fsp3) is 0.188. The highest BCUT2D eigenvalue weighted by Gasteiger charge is 2.30. The molecule has 3 heterocycles. The molecule has 0 fully saturated rings. The highest BCUT2D eigenvalue weighted by Crippen LogP contribution is 2.36. The molecule has 0 amide bonds. The van der Waals surface area contributed by atoms with Gasteiger partial charge in [-0.2, -0.15) is 0 Å². The number of hydrogen-bond donors (Lipinski definition) is 1. The van der Waals surface area contributed by atoms with Crippen molar-refractivity contribution < 1.29 is 0 Å². The Balaban J connectivity index is 1.86. The number of fused-ring (bicyclic) bond motifs is 4. The number of aliphatic imine (C=N–C) groups is 1. The van der Waals surface area contributed by atoms with Gasteiger partial charge in [-0.3, -0.25) is 13.7 Å². The molecule has 1 N–H and O–H groups in total. The molecule has 2 aliphatic rings. The first-order chi connectivity index (χ1) is 11.7. The van der Waals surface area contributed by atoms with Crippen LogP contribution >= 0.6 is 27.9 Å². The van der Waals surface area contributed by atoms with E-state index in [2.05, 4.69) is 31.2 Å². The molecule has 0 unspecified atom stereocenters. The zero-order valence-corrected chi connectivity index (χ0v) is 15.3. The predicted molar refractivity (Wildman–Crippen MR) is 99.2 cm³/mol. The van der Waals surface area contributed by atoms with E-state index < -0.39 is 0 Å². The maximum Gasteiger partial charge on any atom is 0.274 e. The zero-order chi connectivity index (χ0) is 16.7. The van der Waals surface area contributed by atoms with Gasteiger partial charge in [0.05, 0.1) is 17.9 Å². The van der Waals surface area contributed by atoms with Crippen molar-refractivity contribution in [3.63, 3.8) is 0 Å². The third kappa shape index (κ3) is 2.55. The van der Waals surface area contributed by atoms with Crippen LogP contribution in [0.1, 0.15) is 12.6 Å². The molecule has 1 aromatic heterocycles. The van der Waals surface area contributed by atoms with Crippen LogP contribution < -0.4 is 10.9 Å². The zero-order valence-electron chi connectivity index (χ0n) is 12.9. The molecular weight excluding hydrogens is 390 g/mol. The molecule has 0 atom stereocenters. The standard InChI is InChI=1S/C16H14BrN5OS/c1-2-18-15-12-7-21(8-20-15)24-14-13(12)19-9-22(16(14)23)11-5-3-10(17)4-6-11/h3-6,8-9,18H,2,7H2,1H3. The first-order valence-corrected chi connectivity index (χ1v) is 9.08. The Morgan fingerprint density at radius 2 is 2.12 bits per heavy atom. The Labute approximate surface area is 151 Å². The van der Waals surface area contributed by atoms with E-state index in [-0.39, 0.29) is 5.56 Å². The lowest BCUT2D eigenvalue weighted by molar-refractivity contribution is 0.712. The van der Waals surface area contributed by atoms with Crippen molar-refractivity contribution in [1.82, 2.24) is 19.2 Å². The van der Waals surface area contributed by atoms with E-state index in [9.17, 15) is 4.79 Å². The summed E-state index contributed by atoms with van der Waals surface area (Å²) in [6.07, 6.45) is 3.35. The molecule has 2 bridgehead atoms. The molecule has 0 aliphatic carbocycles. The summed E-state index contributed by atoms with van der Waals surface area (Å²) < 4.78 is 4.50. The van der Waals surface area contributed by atoms with Crippen LogP contribution in [-0.4, -0.2) is 33.3 Å². The molecule has 6 nitrogen and oxygen atoms in total. The predicted octanol–water partition coefficient (Wildman–Crippen LogP) is 2.64. The van der Waals surface area contributed by atoms with Gasteiger partial charge in [0.15, 0.2) is 0 Å². The van der Waals surface area contributed by atoms with Crippen LogP contribution in [0.2, 0.25) is 0 Å². The van der Waals surface area contributed by atoms with Crippen molar-refractivity contribution in [3.8, 4) is 5.69 Å². The fourth-order valence-electron chi connectivity index (χ4n) is 2.67. The normalized spacial score (nSPS) is 15.5. The van der Waals surface area contributed by atoms with Gasteiger partial charge < -0.3 is 5.32 Å². The summed E-state index contributed by atoms with van der Waals surface area (Å²) in [7, 11) is 0. The maximum atomic E-state index is 13.0. The van der Waals surface area contributed by atoms with E-state index in [1.165, 1.54) is 11.9 Å². The molecular formula is C16H14BrN5OS. The van der Waals surface area contributed by atoms with Gasteiger partial charge in [-0.25, -0.2) is 9.98 Å². The van der Waals surface area contributed by atoms with E-state index in [1.807, 2.05) is 35.5 Å². The molecule has 2 aromatic rings. The number of benzene rings is 1. The smallest absolute Gasteiger partial charge is 0.274 e. The summed E-state index contributed by atoms with van der Waals surface area (Å²) in [5.41, 5.74) is 2.41. The van der Waals surface area contributed by atoms with Crippen LogP contribution in [-0.2, 0) is 0 Å². The molecule has 2 aliphatic heterocycles. The summed E-state index contributed by atoms with van der Waals surface area (Å²) in [5, 5.41) is 3.24. The summed E-state index contributed by atoms with van der Waals surface area (Å²) in [5.74, 6) is 0.795. The van der Waals surface area contributed by atoms with Crippen LogP contribution in [0, 0.1) is 0 Å². The van der Waals surface area contributed by atoms with Crippen molar-refractivity contribution >= 4 is 39.8 Å². The van der Waals surface area contributed by atoms with Crippen molar-refractivity contribution in [1.29, 1.82) is 0 Å². The molecule has 4 rings (SSSR count). The second kappa shape index (κ2) is 6.10. The van der Waals surface area contributed by atoms with Crippen LogP contribution in [0.15, 0.2) is 55.6 Å². The average Bonchev–Trinajstić information content (AvgIpc) is 2.59. The summed E-state index contributed by atoms with van der Waals surface area (Å²) >= 11 is 4.80. The third-order valence-corrected chi connectivity index (χ3v) is 5.33. The topological polar surface area (TPSA) is 62.5 Å². The van der Waals surface area contributed by atoms with Crippen molar-refractivity contribution in [2.24, 2.45) is 4.99 Å². The Hall–Kier alpha value is -2.06. The van der Waals surface area contributed by atoms with E-state index in [0.717, 1.165) is 33.8 Å². The first-order valence-electron chi connectivity index (χ1n) is 7.51. The van der Waals surface area contributed by atoms with Crippen molar-refractivity contribution in [2.45, 2.75) is 11.8 Å². The lowest BCUT2D eigenvalue weighted by atomic mass is 10.1. The number of nitrogens with zero attached hydrogens (tertiary/aromatic N) is 4. The maximum absolute atomic E-state index is 13.0. The minimum atomic E-state index is -0.0688. The molecule has 122 valence electrons. The Morgan fingerprint density at radius 1 is 1.33 bits per heavy atom. The molecule has 0 saturated carbocycles. The lowest BCUT2D eigenvalue weighted by Gasteiger charge is -2.30. The number of aromatic nitrogens is 2. The van der Waals surface area contributed by atoms with Crippen molar-refractivity contribution in [2.75, 3.05) is 13.1 Å². The Morgan fingerprint density at radius 3 is 2.88 bits per heavy atom. The minimum absolute atomic E-state index is 0.0688.